The highest BCUT2D eigenvalue weighted by Crippen LogP contribution is 2.29. The van der Waals surface area contributed by atoms with Gasteiger partial charge in [0.2, 0.25) is 0 Å². The number of methoxy groups -OCH3 is 1. The van der Waals surface area contributed by atoms with E-state index < -0.39 is 17.7 Å². The normalized spacial score (nSPS) is 20.9. The first kappa shape index (κ1) is 17.6. The molecule has 8 nitrogen and oxygen atoms in total. The van der Waals surface area contributed by atoms with Crippen LogP contribution in [0.15, 0.2) is 42.9 Å². The van der Waals surface area contributed by atoms with Crippen molar-refractivity contribution in [1.82, 2.24) is 15.0 Å². The number of carbonyl (C=O) groups excluding carboxylic acids is 1. The number of rotatable bonds is 4. The second-order valence-corrected chi connectivity index (χ2v) is 5.84. The van der Waals surface area contributed by atoms with Gasteiger partial charge in [-0.2, -0.15) is 5.01 Å². The van der Waals surface area contributed by atoms with Gasteiger partial charge in [-0.25, -0.2) is 14.8 Å². The van der Waals surface area contributed by atoms with Crippen LogP contribution in [0, 0.1) is 0 Å². The van der Waals surface area contributed by atoms with E-state index in [1.165, 1.54) is 13.4 Å². The molecule has 9 heteroatoms. The van der Waals surface area contributed by atoms with E-state index in [-0.39, 0.29) is 6.61 Å². The third-order valence-electron chi connectivity index (χ3n) is 3.71. The molecule has 1 saturated heterocycles. The second-order valence-electron chi connectivity index (χ2n) is 5.35. The lowest BCUT2D eigenvalue weighted by atomic mass is 10.2. The van der Waals surface area contributed by atoms with Crippen LogP contribution in [-0.2, 0) is 9.47 Å². The third kappa shape index (κ3) is 3.88. The average molecular weight is 364 g/mol. The van der Waals surface area contributed by atoms with Crippen LogP contribution in [0.1, 0.15) is 10.4 Å². The Morgan fingerprint density at radius 3 is 3.04 bits per heavy atom. The first-order chi connectivity index (χ1) is 12.1. The maximum absolute atomic E-state index is 11.9. The molecule has 0 aliphatic carbocycles. The fourth-order valence-corrected chi connectivity index (χ4v) is 2.77. The molecule has 2 unspecified atom stereocenters. The van der Waals surface area contributed by atoms with Crippen LogP contribution in [0.5, 0.6) is 0 Å². The van der Waals surface area contributed by atoms with E-state index in [9.17, 15) is 4.79 Å². The summed E-state index contributed by atoms with van der Waals surface area (Å²) in [6.07, 6.45) is 2.65. The van der Waals surface area contributed by atoms with Crippen molar-refractivity contribution < 1.29 is 14.3 Å². The molecule has 2 heterocycles. The summed E-state index contributed by atoms with van der Waals surface area (Å²) in [6.45, 7) is 0.627. The Labute approximate surface area is 150 Å². The number of anilines is 2. The lowest BCUT2D eigenvalue weighted by Crippen LogP contribution is -2.59. The largest absolute Gasteiger partial charge is 0.465 e. The predicted octanol–water partition coefficient (Wildman–Crippen LogP) is 1.50. The van der Waals surface area contributed by atoms with Crippen LogP contribution in [0.3, 0.4) is 0 Å². The average Bonchev–Trinajstić information content (AvgIpc) is 2.65. The van der Waals surface area contributed by atoms with Gasteiger partial charge >= 0.3 is 5.97 Å². The molecule has 0 radical (unpaired) electrons. The first-order valence-corrected chi connectivity index (χ1v) is 8.06. The number of morpholine rings is 1. The van der Waals surface area contributed by atoms with Gasteiger partial charge < -0.3 is 15.2 Å². The molecular formula is C16H18ClN5O3. The number of esters is 1. The van der Waals surface area contributed by atoms with Gasteiger partial charge in [-0.3, -0.25) is 5.01 Å². The Balaban J connectivity index is 2.04. The third-order valence-corrected chi connectivity index (χ3v) is 3.98. The number of hydrogen-bond acceptors (Lipinski definition) is 8. The molecule has 2 N–H and O–H groups in total. The van der Waals surface area contributed by atoms with Gasteiger partial charge in [-0.05, 0) is 18.2 Å². The number of hydrogen-bond donors (Lipinski definition) is 1. The van der Waals surface area contributed by atoms with Gasteiger partial charge in [0.1, 0.15) is 18.1 Å². The van der Waals surface area contributed by atoms with Crippen molar-refractivity contribution in [3.05, 3.63) is 48.4 Å². The Morgan fingerprint density at radius 2 is 2.32 bits per heavy atom. The van der Waals surface area contributed by atoms with Gasteiger partial charge in [0.25, 0.3) is 0 Å². The fraction of sp³-hybridized carbons (Fsp3) is 0.312. The summed E-state index contributed by atoms with van der Waals surface area (Å²) in [7, 11) is 1.34. The molecule has 2 aromatic rings. The molecule has 1 aromatic heterocycles. The summed E-state index contributed by atoms with van der Waals surface area (Å²) in [5.41, 5.74) is 6.82. The number of ether oxygens (including phenoxy) is 2. The zero-order valence-electron chi connectivity index (χ0n) is 13.6. The number of benzene rings is 1. The number of halogens is 1. The van der Waals surface area contributed by atoms with E-state index in [2.05, 4.69) is 9.97 Å². The molecule has 1 aliphatic rings. The van der Waals surface area contributed by atoms with Gasteiger partial charge in [0.05, 0.1) is 31.5 Å². The molecule has 25 heavy (non-hydrogen) atoms. The smallest absolute Gasteiger partial charge is 0.337 e. The van der Waals surface area contributed by atoms with Crippen LogP contribution in [0.4, 0.5) is 11.5 Å². The molecular weight excluding hydrogens is 346 g/mol. The minimum Gasteiger partial charge on any atom is -0.465 e. The fourth-order valence-electron chi connectivity index (χ4n) is 2.56. The van der Waals surface area contributed by atoms with E-state index in [0.29, 0.717) is 23.6 Å². The molecule has 132 valence electrons. The number of nitrogens with zero attached hydrogens (tertiary/aromatic N) is 4. The Kier molecular flexibility index (Phi) is 5.44. The van der Waals surface area contributed by atoms with Crippen molar-refractivity contribution in [3.8, 4) is 0 Å². The van der Waals surface area contributed by atoms with Crippen molar-refractivity contribution in [2.24, 2.45) is 5.73 Å². The minimum atomic E-state index is -0.507. The molecule has 0 saturated carbocycles. The lowest BCUT2D eigenvalue weighted by molar-refractivity contribution is -0.0257. The lowest BCUT2D eigenvalue weighted by Gasteiger charge is -2.43. The Bertz CT molecular complexity index is 733. The summed E-state index contributed by atoms with van der Waals surface area (Å²) in [4.78, 5) is 20.1. The number of alkyl halides is 1. The monoisotopic (exact) mass is 363 g/mol. The van der Waals surface area contributed by atoms with Crippen LogP contribution in [-0.4, -0.2) is 52.9 Å². The van der Waals surface area contributed by atoms with Crippen LogP contribution in [0.2, 0.25) is 0 Å². The molecule has 0 bridgehead atoms. The molecule has 2 atom stereocenters. The van der Waals surface area contributed by atoms with Crippen molar-refractivity contribution >= 4 is 29.1 Å². The molecule has 0 spiro atoms. The molecule has 3 rings (SSSR count). The summed E-state index contributed by atoms with van der Waals surface area (Å²) in [5, 5.41) is 3.65. The Hall–Kier alpha value is -2.26. The second kappa shape index (κ2) is 7.75. The minimum absolute atomic E-state index is 0.270. The van der Waals surface area contributed by atoms with Gasteiger partial charge in [-0.15, -0.1) is 0 Å². The summed E-state index contributed by atoms with van der Waals surface area (Å²) in [6, 6.07) is 8.74. The summed E-state index contributed by atoms with van der Waals surface area (Å²) in [5.74, 6) is 0.171. The zero-order valence-corrected chi connectivity index (χ0v) is 14.3. The van der Waals surface area contributed by atoms with Crippen LogP contribution < -0.4 is 10.7 Å². The number of nitrogens with two attached hydrogens (primary N) is 1. The first-order valence-electron chi connectivity index (χ1n) is 7.62. The van der Waals surface area contributed by atoms with Gasteiger partial charge in [-0.1, -0.05) is 17.7 Å². The topological polar surface area (TPSA) is 93.8 Å². The van der Waals surface area contributed by atoms with Crippen LogP contribution in [0.25, 0.3) is 0 Å². The summed E-state index contributed by atoms with van der Waals surface area (Å²) >= 11 is 6.15. The van der Waals surface area contributed by atoms with E-state index in [4.69, 9.17) is 26.8 Å². The molecule has 1 aliphatic heterocycles. The number of hydrazine groups is 1. The van der Waals surface area contributed by atoms with E-state index >= 15 is 0 Å². The van der Waals surface area contributed by atoms with E-state index in [1.54, 1.807) is 35.5 Å². The van der Waals surface area contributed by atoms with Gasteiger partial charge in [0.15, 0.2) is 5.82 Å². The number of aromatic nitrogens is 2. The highest BCUT2D eigenvalue weighted by Gasteiger charge is 2.32. The quantitative estimate of drug-likeness (QED) is 0.645. The molecule has 1 fully saturated rings. The zero-order chi connectivity index (χ0) is 17.8. The van der Waals surface area contributed by atoms with Crippen molar-refractivity contribution in [1.29, 1.82) is 0 Å². The van der Waals surface area contributed by atoms with E-state index in [1.807, 2.05) is 11.1 Å². The maximum Gasteiger partial charge on any atom is 0.337 e. The van der Waals surface area contributed by atoms with Crippen LogP contribution >= 0.6 is 11.6 Å². The van der Waals surface area contributed by atoms with Crippen molar-refractivity contribution in [2.45, 2.75) is 11.7 Å². The number of carbonyl (C=O) groups is 1. The maximum atomic E-state index is 11.9. The predicted molar refractivity (Wildman–Crippen MR) is 92.2 cm³/mol. The standard InChI is InChI=1S/C16H18ClN5O3/c1-24-16(23)11-3-2-4-12(7-11)22(15-5-6-19-10-20-15)21-8-13(17)25-9-14(21)18/h2-7,10,13-14H,8-9,18H2,1H3. The van der Waals surface area contributed by atoms with E-state index in [0.717, 1.165) is 0 Å². The molecule has 0 amide bonds. The Morgan fingerprint density at radius 1 is 1.48 bits per heavy atom. The molecule has 1 aromatic carbocycles. The summed E-state index contributed by atoms with van der Waals surface area (Å²) < 4.78 is 10.2. The highest BCUT2D eigenvalue weighted by molar-refractivity contribution is 6.19. The van der Waals surface area contributed by atoms with Gasteiger partial charge in [0, 0.05) is 12.3 Å². The van der Waals surface area contributed by atoms with Crippen molar-refractivity contribution in [2.75, 3.05) is 25.3 Å². The SMILES string of the molecule is COC(=O)c1cccc(N(c2ccncn2)N2CC(Cl)OCC2N)c1. The van der Waals surface area contributed by atoms with Crippen molar-refractivity contribution in [3.63, 3.8) is 0 Å². The highest BCUT2D eigenvalue weighted by atomic mass is 35.5.